The van der Waals surface area contributed by atoms with Crippen LogP contribution in [-0.2, 0) is 16.1 Å². The minimum atomic E-state index is -0.173. The third-order valence-electron chi connectivity index (χ3n) is 5.07. The van der Waals surface area contributed by atoms with Gasteiger partial charge in [-0.2, -0.15) is 0 Å². The molecule has 1 atom stereocenters. The van der Waals surface area contributed by atoms with Crippen LogP contribution < -0.4 is 15.4 Å². The Hall–Kier alpha value is -2.90. The Balaban J connectivity index is 1.37. The zero-order valence-electron chi connectivity index (χ0n) is 17.6. The molecular weight excluding hydrogens is 380 g/mol. The Morgan fingerprint density at radius 2 is 1.87 bits per heavy atom. The van der Waals surface area contributed by atoms with Crippen LogP contribution in [-0.4, -0.2) is 68.0 Å². The summed E-state index contributed by atoms with van der Waals surface area (Å²) in [6.45, 7) is 3.03. The van der Waals surface area contributed by atoms with E-state index in [-0.39, 0.29) is 30.9 Å². The van der Waals surface area contributed by atoms with E-state index in [0.29, 0.717) is 11.4 Å². The predicted octanol–water partition coefficient (Wildman–Crippen LogP) is 1.96. The van der Waals surface area contributed by atoms with Gasteiger partial charge in [-0.25, -0.2) is 0 Å². The van der Waals surface area contributed by atoms with Gasteiger partial charge < -0.3 is 15.4 Å². The molecule has 0 saturated carbocycles. The molecule has 1 fully saturated rings. The molecule has 160 valence electrons. The molecule has 0 aliphatic carbocycles. The number of benzene rings is 2. The number of anilines is 1. The van der Waals surface area contributed by atoms with Crippen molar-refractivity contribution in [2.45, 2.75) is 19.0 Å². The number of likely N-dealkylation sites (tertiary alicyclic amines) is 1. The maximum Gasteiger partial charge on any atom is 0.238 e. The van der Waals surface area contributed by atoms with Crippen molar-refractivity contribution < 1.29 is 14.3 Å². The molecule has 2 amide bonds. The maximum absolute atomic E-state index is 12.4. The second-order valence-electron chi connectivity index (χ2n) is 7.73. The Kier molecular flexibility index (Phi) is 7.82. The van der Waals surface area contributed by atoms with Crippen molar-refractivity contribution in [3.63, 3.8) is 0 Å². The first-order valence-corrected chi connectivity index (χ1v) is 10.2. The second kappa shape index (κ2) is 10.8. The molecule has 2 aromatic rings. The van der Waals surface area contributed by atoms with Crippen LogP contribution in [0.2, 0.25) is 0 Å². The van der Waals surface area contributed by atoms with E-state index in [1.165, 1.54) is 5.56 Å². The number of carbonyl (C=O) groups is 2. The predicted molar refractivity (Wildman–Crippen MR) is 117 cm³/mol. The normalized spacial score (nSPS) is 16.4. The molecular formula is C23H30N4O3. The van der Waals surface area contributed by atoms with E-state index in [1.807, 2.05) is 30.3 Å². The Labute approximate surface area is 178 Å². The first-order valence-electron chi connectivity index (χ1n) is 10.2. The summed E-state index contributed by atoms with van der Waals surface area (Å²) in [5.41, 5.74) is 1.95. The number of methoxy groups -OCH3 is 1. The molecule has 0 aromatic heterocycles. The number of likely N-dealkylation sites (N-methyl/N-ethyl adjacent to an activating group) is 1. The van der Waals surface area contributed by atoms with Crippen molar-refractivity contribution in [1.29, 1.82) is 0 Å². The highest BCUT2D eigenvalue weighted by molar-refractivity contribution is 5.92. The van der Waals surface area contributed by atoms with E-state index in [9.17, 15) is 9.59 Å². The lowest BCUT2D eigenvalue weighted by molar-refractivity contribution is -0.123. The van der Waals surface area contributed by atoms with Crippen molar-refractivity contribution in [1.82, 2.24) is 15.1 Å². The van der Waals surface area contributed by atoms with Crippen LogP contribution in [0.15, 0.2) is 54.6 Å². The van der Waals surface area contributed by atoms with Crippen molar-refractivity contribution in [3.8, 4) is 5.75 Å². The SMILES string of the molecule is COc1cccc(NC(=O)CN(C)CC(=O)N[C@@H]2CCN(Cc3ccccc3)C2)c1. The lowest BCUT2D eigenvalue weighted by Gasteiger charge is -2.19. The van der Waals surface area contributed by atoms with Gasteiger partial charge in [-0.05, 0) is 31.2 Å². The minimum Gasteiger partial charge on any atom is -0.497 e. The van der Waals surface area contributed by atoms with E-state index in [0.717, 1.165) is 26.1 Å². The molecule has 1 aliphatic rings. The van der Waals surface area contributed by atoms with Gasteiger partial charge >= 0.3 is 0 Å². The van der Waals surface area contributed by atoms with Crippen LogP contribution in [0.25, 0.3) is 0 Å². The molecule has 0 spiro atoms. The lowest BCUT2D eigenvalue weighted by atomic mass is 10.2. The van der Waals surface area contributed by atoms with Gasteiger partial charge in [0.2, 0.25) is 11.8 Å². The molecule has 2 aromatic carbocycles. The van der Waals surface area contributed by atoms with Crippen molar-refractivity contribution in [2.24, 2.45) is 0 Å². The lowest BCUT2D eigenvalue weighted by Crippen LogP contribution is -2.43. The molecule has 7 nitrogen and oxygen atoms in total. The zero-order valence-corrected chi connectivity index (χ0v) is 17.6. The third-order valence-corrected chi connectivity index (χ3v) is 5.07. The number of ether oxygens (including phenoxy) is 1. The van der Waals surface area contributed by atoms with Crippen LogP contribution in [0.1, 0.15) is 12.0 Å². The van der Waals surface area contributed by atoms with Gasteiger partial charge in [0.15, 0.2) is 0 Å². The fraction of sp³-hybridized carbons (Fsp3) is 0.391. The van der Waals surface area contributed by atoms with Crippen LogP contribution in [0.5, 0.6) is 5.75 Å². The molecule has 1 saturated heterocycles. The van der Waals surface area contributed by atoms with Gasteiger partial charge in [0.1, 0.15) is 5.75 Å². The standard InChI is InChI=1S/C23H30N4O3/c1-26(16-22(28)24-19-9-6-10-21(13-19)30-2)17-23(29)25-20-11-12-27(15-20)14-18-7-4-3-5-8-18/h3-10,13,20H,11-12,14-17H2,1-2H3,(H,24,28)(H,25,29)/t20-/m1/s1. The van der Waals surface area contributed by atoms with Crippen molar-refractivity contribution in [3.05, 3.63) is 60.2 Å². The quantitative estimate of drug-likeness (QED) is 0.661. The highest BCUT2D eigenvalue weighted by Crippen LogP contribution is 2.16. The Morgan fingerprint density at radius 1 is 1.10 bits per heavy atom. The maximum atomic E-state index is 12.4. The summed E-state index contributed by atoms with van der Waals surface area (Å²) >= 11 is 0. The number of hydrogen-bond acceptors (Lipinski definition) is 5. The summed E-state index contributed by atoms with van der Waals surface area (Å²) in [4.78, 5) is 28.7. The number of nitrogens with one attached hydrogen (secondary N) is 2. The van der Waals surface area contributed by atoms with Gasteiger partial charge in [-0.3, -0.25) is 19.4 Å². The van der Waals surface area contributed by atoms with Crippen molar-refractivity contribution >= 4 is 17.5 Å². The molecule has 1 heterocycles. The summed E-state index contributed by atoms with van der Waals surface area (Å²) < 4.78 is 5.16. The van der Waals surface area contributed by atoms with E-state index in [2.05, 4.69) is 27.7 Å². The van der Waals surface area contributed by atoms with E-state index in [4.69, 9.17) is 4.74 Å². The summed E-state index contributed by atoms with van der Waals surface area (Å²) in [6.07, 6.45) is 0.943. The van der Waals surface area contributed by atoms with Crippen LogP contribution in [0.3, 0.4) is 0 Å². The Bertz CT molecular complexity index is 843. The first kappa shape index (κ1) is 21.8. The third kappa shape index (κ3) is 6.86. The fourth-order valence-corrected chi connectivity index (χ4v) is 3.66. The van der Waals surface area contributed by atoms with E-state index >= 15 is 0 Å². The highest BCUT2D eigenvalue weighted by Gasteiger charge is 2.24. The molecule has 0 unspecified atom stereocenters. The number of hydrogen-bond donors (Lipinski definition) is 2. The van der Waals surface area contributed by atoms with E-state index in [1.54, 1.807) is 31.2 Å². The second-order valence-corrected chi connectivity index (χ2v) is 7.73. The summed E-state index contributed by atoms with van der Waals surface area (Å²) in [7, 11) is 3.35. The van der Waals surface area contributed by atoms with E-state index < -0.39 is 0 Å². The van der Waals surface area contributed by atoms with Crippen LogP contribution >= 0.6 is 0 Å². The number of nitrogens with zero attached hydrogens (tertiary/aromatic N) is 2. The van der Waals surface area contributed by atoms with Crippen LogP contribution in [0, 0.1) is 0 Å². The molecule has 0 bridgehead atoms. The summed E-state index contributed by atoms with van der Waals surface area (Å²) in [5.74, 6) is 0.449. The average Bonchev–Trinajstić information content (AvgIpc) is 3.15. The summed E-state index contributed by atoms with van der Waals surface area (Å²) in [5, 5.41) is 5.92. The van der Waals surface area contributed by atoms with Crippen LogP contribution in [0.4, 0.5) is 5.69 Å². The fourth-order valence-electron chi connectivity index (χ4n) is 3.66. The monoisotopic (exact) mass is 410 g/mol. The molecule has 1 aliphatic heterocycles. The van der Waals surface area contributed by atoms with Crippen molar-refractivity contribution in [2.75, 3.05) is 45.7 Å². The largest absolute Gasteiger partial charge is 0.497 e. The topological polar surface area (TPSA) is 73.9 Å². The first-order chi connectivity index (χ1) is 14.5. The molecule has 7 heteroatoms. The number of rotatable bonds is 9. The zero-order chi connectivity index (χ0) is 21.3. The Morgan fingerprint density at radius 3 is 2.63 bits per heavy atom. The van der Waals surface area contributed by atoms with Gasteiger partial charge in [0.25, 0.3) is 0 Å². The van der Waals surface area contributed by atoms with Gasteiger partial charge in [0.05, 0.1) is 20.2 Å². The van der Waals surface area contributed by atoms with Gasteiger partial charge in [-0.15, -0.1) is 0 Å². The smallest absolute Gasteiger partial charge is 0.238 e. The number of amides is 2. The van der Waals surface area contributed by atoms with Gasteiger partial charge in [0, 0.05) is 37.4 Å². The summed E-state index contributed by atoms with van der Waals surface area (Å²) in [6, 6.07) is 17.7. The molecule has 2 N–H and O–H groups in total. The average molecular weight is 411 g/mol. The highest BCUT2D eigenvalue weighted by atomic mass is 16.5. The molecule has 3 rings (SSSR count). The number of carbonyl (C=O) groups excluding carboxylic acids is 2. The molecule has 30 heavy (non-hydrogen) atoms. The van der Waals surface area contributed by atoms with Gasteiger partial charge in [-0.1, -0.05) is 36.4 Å². The molecule has 0 radical (unpaired) electrons. The minimum absolute atomic E-state index is 0.0572.